The van der Waals surface area contributed by atoms with Crippen LogP contribution in [0.2, 0.25) is 0 Å². The summed E-state index contributed by atoms with van der Waals surface area (Å²) in [4.78, 5) is 18.8. The number of aromatic hydroxyl groups is 1. The third kappa shape index (κ3) is 2.68. The molecule has 1 atom stereocenters. The Labute approximate surface area is 155 Å². The molecule has 3 heterocycles. The highest BCUT2D eigenvalue weighted by atomic mass is 32.1. The van der Waals surface area contributed by atoms with Crippen LogP contribution < -0.4 is 10.9 Å². The van der Waals surface area contributed by atoms with E-state index >= 15 is 0 Å². The van der Waals surface area contributed by atoms with E-state index < -0.39 is 6.04 Å². The van der Waals surface area contributed by atoms with E-state index in [4.69, 9.17) is 12.2 Å². The van der Waals surface area contributed by atoms with Crippen molar-refractivity contribution in [3.05, 3.63) is 56.2 Å². The van der Waals surface area contributed by atoms with Gasteiger partial charge in [-0.3, -0.25) is 14.3 Å². The lowest BCUT2D eigenvalue weighted by atomic mass is 9.95. The third-order valence-electron chi connectivity index (χ3n) is 5.09. The lowest BCUT2D eigenvalue weighted by Crippen LogP contribution is -2.35. The molecule has 136 valence electrons. The van der Waals surface area contributed by atoms with Gasteiger partial charge in [0.1, 0.15) is 5.56 Å². The molecule has 0 unspecified atom stereocenters. The molecule has 3 aromatic rings. The maximum atomic E-state index is 12.7. The van der Waals surface area contributed by atoms with Gasteiger partial charge in [0.05, 0.1) is 6.04 Å². The minimum Gasteiger partial charge on any atom is -0.494 e. The Kier molecular flexibility index (Phi) is 4.42. The van der Waals surface area contributed by atoms with Gasteiger partial charge in [-0.25, -0.2) is 0 Å². The lowest BCUT2D eigenvalue weighted by molar-refractivity contribution is 0.382. The molecule has 2 aromatic heterocycles. The van der Waals surface area contributed by atoms with Crippen LogP contribution in [-0.2, 0) is 13.0 Å². The normalized spacial score (nSPS) is 16.7. The first-order valence-corrected chi connectivity index (χ1v) is 9.41. The van der Waals surface area contributed by atoms with E-state index in [0.717, 1.165) is 37.0 Å². The Balaban J connectivity index is 1.90. The number of fused-ring (bicyclic) bond motifs is 3. The van der Waals surface area contributed by atoms with Crippen molar-refractivity contribution in [3.8, 4) is 5.88 Å². The van der Waals surface area contributed by atoms with Gasteiger partial charge in [0.15, 0.2) is 4.77 Å². The van der Waals surface area contributed by atoms with Gasteiger partial charge in [0.25, 0.3) is 5.56 Å². The second-order valence-corrected chi connectivity index (χ2v) is 7.09. The van der Waals surface area contributed by atoms with Crippen LogP contribution in [-0.4, -0.2) is 26.2 Å². The van der Waals surface area contributed by atoms with E-state index in [0.29, 0.717) is 12.1 Å². The Morgan fingerprint density at radius 2 is 2.12 bits per heavy atom. The number of hydrogen-bond acceptors (Lipinski definition) is 4. The fourth-order valence-electron chi connectivity index (χ4n) is 3.79. The molecule has 7 heteroatoms. The maximum Gasteiger partial charge on any atom is 0.260 e. The smallest absolute Gasteiger partial charge is 0.260 e. The van der Waals surface area contributed by atoms with E-state index in [1.165, 1.54) is 10.9 Å². The van der Waals surface area contributed by atoms with Gasteiger partial charge in [0, 0.05) is 29.7 Å². The predicted molar refractivity (Wildman–Crippen MR) is 104 cm³/mol. The van der Waals surface area contributed by atoms with E-state index in [-0.39, 0.29) is 16.2 Å². The number of benzene rings is 1. The van der Waals surface area contributed by atoms with Crippen molar-refractivity contribution >= 4 is 23.1 Å². The van der Waals surface area contributed by atoms with Crippen molar-refractivity contribution in [2.75, 3.05) is 6.54 Å². The Morgan fingerprint density at radius 1 is 1.31 bits per heavy atom. The first-order valence-electron chi connectivity index (χ1n) is 9.00. The molecular weight excluding hydrogens is 348 g/mol. The third-order valence-corrected chi connectivity index (χ3v) is 5.41. The highest BCUT2D eigenvalue weighted by Crippen LogP contribution is 2.35. The minimum atomic E-state index is -0.390. The van der Waals surface area contributed by atoms with Crippen LogP contribution in [0, 0.1) is 4.77 Å². The molecule has 0 bridgehead atoms. The molecule has 0 saturated carbocycles. The molecule has 0 aliphatic carbocycles. The molecule has 1 aliphatic rings. The average molecular weight is 370 g/mol. The molecule has 0 spiro atoms. The quantitative estimate of drug-likeness (QED) is 0.532. The first kappa shape index (κ1) is 17.1. The second-order valence-electron chi connectivity index (χ2n) is 6.70. The topological polar surface area (TPSA) is 85.8 Å². The molecule has 0 fully saturated rings. The van der Waals surface area contributed by atoms with Gasteiger partial charge in [0.2, 0.25) is 5.88 Å². The van der Waals surface area contributed by atoms with Gasteiger partial charge in [-0.2, -0.15) is 0 Å². The molecule has 4 rings (SSSR count). The number of nitrogens with one attached hydrogen (secondary N) is 3. The van der Waals surface area contributed by atoms with Gasteiger partial charge < -0.3 is 15.4 Å². The van der Waals surface area contributed by atoms with Crippen molar-refractivity contribution in [2.24, 2.45) is 0 Å². The second kappa shape index (κ2) is 6.74. The summed E-state index contributed by atoms with van der Waals surface area (Å²) in [5, 5.41) is 15.4. The van der Waals surface area contributed by atoms with Crippen LogP contribution in [0.4, 0.5) is 0 Å². The molecule has 4 N–H and O–H groups in total. The number of H-pyrrole nitrogens is 2. The number of para-hydroxylation sites is 1. The van der Waals surface area contributed by atoms with Crippen LogP contribution in [0.3, 0.4) is 0 Å². The summed E-state index contributed by atoms with van der Waals surface area (Å²) in [5.74, 6) is -0.0452. The first-order chi connectivity index (χ1) is 12.6. The largest absolute Gasteiger partial charge is 0.494 e. The molecule has 1 aromatic carbocycles. The molecule has 6 nitrogen and oxygen atoms in total. The number of unbranched alkanes of at least 4 members (excludes halogenated alkanes) is 1. The Morgan fingerprint density at radius 3 is 2.92 bits per heavy atom. The van der Waals surface area contributed by atoms with Crippen LogP contribution in [0.25, 0.3) is 10.9 Å². The summed E-state index contributed by atoms with van der Waals surface area (Å²) in [7, 11) is 0. The van der Waals surface area contributed by atoms with Crippen molar-refractivity contribution in [1.82, 2.24) is 19.9 Å². The fourth-order valence-corrected chi connectivity index (χ4v) is 4.06. The summed E-state index contributed by atoms with van der Waals surface area (Å²) in [6.07, 6.45) is 2.73. The van der Waals surface area contributed by atoms with Gasteiger partial charge in [-0.05, 0) is 36.7 Å². The summed E-state index contributed by atoms with van der Waals surface area (Å²) in [6, 6.07) is 7.73. The highest BCUT2D eigenvalue weighted by molar-refractivity contribution is 7.71. The zero-order valence-electron chi connectivity index (χ0n) is 14.6. The molecule has 0 amide bonds. The SMILES string of the molecule is CCCCn1c(O)c([C@@H]2NCCc3c2[nH]c2ccccc32)c(=O)[nH]c1=S. The van der Waals surface area contributed by atoms with Crippen LogP contribution in [0.1, 0.15) is 42.6 Å². The van der Waals surface area contributed by atoms with Crippen molar-refractivity contribution in [3.63, 3.8) is 0 Å². The van der Waals surface area contributed by atoms with E-state index in [1.54, 1.807) is 4.57 Å². The predicted octanol–water partition coefficient (Wildman–Crippen LogP) is 3.13. The summed E-state index contributed by atoms with van der Waals surface area (Å²) < 4.78 is 1.88. The zero-order chi connectivity index (χ0) is 18.3. The van der Waals surface area contributed by atoms with Crippen molar-refractivity contribution < 1.29 is 5.11 Å². The molecule has 1 aliphatic heterocycles. The molecule has 0 saturated heterocycles. The van der Waals surface area contributed by atoms with Crippen LogP contribution >= 0.6 is 12.2 Å². The van der Waals surface area contributed by atoms with Gasteiger partial charge in [-0.15, -0.1) is 0 Å². The number of aromatic nitrogens is 3. The van der Waals surface area contributed by atoms with E-state index in [9.17, 15) is 9.90 Å². The Hall–Kier alpha value is -2.38. The van der Waals surface area contributed by atoms with E-state index in [2.05, 4.69) is 28.3 Å². The van der Waals surface area contributed by atoms with Gasteiger partial charge >= 0.3 is 0 Å². The number of aromatic amines is 2. The summed E-state index contributed by atoms with van der Waals surface area (Å²) in [6.45, 7) is 3.40. The molecular formula is C19H22N4O2S. The number of hydrogen-bond donors (Lipinski definition) is 4. The van der Waals surface area contributed by atoms with Gasteiger partial charge in [-0.1, -0.05) is 31.5 Å². The van der Waals surface area contributed by atoms with E-state index in [1.807, 2.05) is 18.2 Å². The fraction of sp³-hybridized carbons (Fsp3) is 0.368. The average Bonchev–Trinajstić information content (AvgIpc) is 3.01. The molecule has 26 heavy (non-hydrogen) atoms. The summed E-state index contributed by atoms with van der Waals surface area (Å²) in [5.41, 5.74) is 3.16. The number of rotatable bonds is 4. The zero-order valence-corrected chi connectivity index (χ0v) is 15.4. The summed E-state index contributed by atoms with van der Waals surface area (Å²) >= 11 is 5.25. The van der Waals surface area contributed by atoms with Crippen LogP contribution in [0.15, 0.2) is 29.1 Å². The minimum absolute atomic E-state index is 0.0452. The standard InChI is InChI=1S/C19H22N4O2S/c1-2-3-10-23-18(25)14(17(24)22-19(23)26)16-15-12(8-9-20-16)11-6-4-5-7-13(11)21-15/h4-7,16,20-21,25H,2-3,8-10H2,1H3,(H,22,24,26)/t16-/m0/s1. The van der Waals surface area contributed by atoms with Crippen molar-refractivity contribution in [2.45, 2.75) is 38.8 Å². The van der Waals surface area contributed by atoms with Crippen molar-refractivity contribution in [1.29, 1.82) is 0 Å². The monoisotopic (exact) mass is 370 g/mol. The van der Waals surface area contributed by atoms with Crippen LogP contribution in [0.5, 0.6) is 5.88 Å². The maximum absolute atomic E-state index is 12.7. The molecule has 0 radical (unpaired) electrons. The highest BCUT2D eigenvalue weighted by Gasteiger charge is 2.30. The Bertz CT molecular complexity index is 1080. The lowest BCUT2D eigenvalue weighted by Gasteiger charge is -2.25. The number of nitrogens with zero attached hydrogens (tertiary/aromatic N) is 1.